The molecule has 27 heavy (non-hydrogen) atoms. The average Bonchev–Trinajstić information content (AvgIpc) is 3.21. The number of aryl methyl sites for hydroxylation is 1. The van der Waals surface area contributed by atoms with E-state index in [9.17, 15) is 9.59 Å². The van der Waals surface area contributed by atoms with Crippen LogP contribution in [0.3, 0.4) is 0 Å². The van der Waals surface area contributed by atoms with E-state index in [1.807, 2.05) is 11.8 Å². The SMILES string of the molecule is CCCCCCc1c(C)nc(N2CCN(C(=O)c3ccco3)CC2)[nH]c1=O. The minimum Gasteiger partial charge on any atom is -0.459 e. The highest BCUT2D eigenvalue weighted by Gasteiger charge is 2.25. The number of anilines is 1. The number of piperazine rings is 1. The maximum atomic E-state index is 12.5. The first-order chi connectivity index (χ1) is 13.1. The first-order valence-electron chi connectivity index (χ1n) is 9.77. The highest BCUT2D eigenvalue weighted by atomic mass is 16.3. The second-order valence-corrected chi connectivity index (χ2v) is 7.02. The van der Waals surface area contributed by atoms with Crippen LogP contribution in [0.25, 0.3) is 0 Å². The predicted molar refractivity (Wildman–Crippen MR) is 104 cm³/mol. The lowest BCUT2D eigenvalue weighted by Crippen LogP contribution is -2.49. The maximum absolute atomic E-state index is 12.5. The van der Waals surface area contributed by atoms with Gasteiger partial charge < -0.3 is 14.2 Å². The molecule has 1 saturated heterocycles. The van der Waals surface area contributed by atoms with Crippen LogP contribution in [0.15, 0.2) is 27.6 Å². The molecule has 7 heteroatoms. The van der Waals surface area contributed by atoms with E-state index in [1.165, 1.54) is 19.1 Å². The van der Waals surface area contributed by atoms with Crippen LogP contribution in [0.2, 0.25) is 0 Å². The molecule has 1 fully saturated rings. The van der Waals surface area contributed by atoms with E-state index in [0.717, 1.165) is 30.5 Å². The van der Waals surface area contributed by atoms with Gasteiger partial charge in [0.25, 0.3) is 11.5 Å². The molecule has 3 heterocycles. The van der Waals surface area contributed by atoms with Crippen LogP contribution in [-0.4, -0.2) is 47.0 Å². The molecule has 2 aromatic rings. The maximum Gasteiger partial charge on any atom is 0.289 e. The van der Waals surface area contributed by atoms with Crippen molar-refractivity contribution in [3.63, 3.8) is 0 Å². The zero-order valence-corrected chi connectivity index (χ0v) is 16.2. The molecule has 3 rings (SSSR count). The van der Waals surface area contributed by atoms with Gasteiger partial charge in [0.2, 0.25) is 5.95 Å². The molecule has 7 nitrogen and oxygen atoms in total. The van der Waals surface area contributed by atoms with E-state index in [4.69, 9.17) is 4.42 Å². The van der Waals surface area contributed by atoms with Gasteiger partial charge in [0.15, 0.2) is 5.76 Å². The molecule has 0 atom stereocenters. The molecule has 1 aliphatic rings. The second kappa shape index (κ2) is 8.88. The van der Waals surface area contributed by atoms with Gasteiger partial charge in [-0.3, -0.25) is 14.6 Å². The molecular weight excluding hydrogens is 344 g/mol. The van der Waals surface area contributed by atoms with Crippen LogP contribution >= 0.6 is 0 Å². The Kier molecular flexibility index (Phi) is 6.32. The van der Waals surface area contributed by atoms with E-state index < -0.39 is 0 Å². The van der Waals surface area contributed by atoms with E-state index in [0.29, 0.717) is 37.9 Å². The number of nitrogens with one attached hydrogen (secondary N) is 1. The molecule has 0 bridgehead atoms. The van der Waals surface area contributed by atoms with E-state index in [-0.39, 0.29) is 11.5 Å². The first kappa shape index (κ1) is 19.2. The Bertz CT molecular complexity index is 805. The van der Waals surface area contributed by atoms with E-state index in [2.05, 4.69) is 16.9 Å². The summed E-state index contributed by atoms with van der Waals surface area (Å²) in [5, 5.41) is 0. The Morgan fingerprint density at radius 3 is 2.63 bits per heavy atom. The highest BCUT2D eigenvalue weighted by Crippen LogP contribution is 2.15. The molecule has 2 aromatic heterocycles. The number of nitrogens with zero attached hydrogens (tertiary/aromatic N) is 3. The monoisotopic (exact) mass is 372 g/mol. The quantitative estimate of drug-likeness (QED) is 0.756. The topological polar surface area (TPSA) is 82.4 Å². The smallest absolute Gasteiger partial charge is 0.289 e. The largest absolute Gasteiger partial charge is 0.459 e. The Morgan fingerprint density at radius 1 is 1.22 bits per heavy atom. The average molecular weight is 372 g/mol. The summed E-state index contributed by atoms with van der Waals surface area (Å²) < 4.78 is 5.19. The molecule has 1 amide bonds. The predicted octanol–water partition coefficient (Wildman–Crippen LogP) is 2.76. The van der Waals surface area contributed by atoms with Gasteiger partial charge in [-0.05, 0) is 31.9 Å². The number of carbonyl (C=O) groups is 1. The number of carbonyl (C=O) groups excluding carboxylic acids is 1. The normalized spacial score (nSPS) is 14.6. The Labute approximate surface area is 159 Å². The zero-order chi connectivity index (χ0) is 19.2. The van der Waals surface area contributed by atoms with E-state index in [1.54, 1.807) is 17.0 Å². The van der Waals surface area contributed by atoms with Crippen LogP contribution < -0.4 is 10.5 Å². The lowest BCUT2D eigenvalue weighted by Gasteiger charge is -2.34. The summed E-state index contributed by atoms with van der Waals surface area (Å²) in [5.74, 6) is 0.859. The lowest BCUT2D eigenvalue weighted by atomic mass is 10.1. The van der Waals surface area contributed by atoms with Crippen LogP contribution in [0.5, 0.6) is 0 Å². The first-order valence-corrected chi connectivity index (χ1v) is 9.77. The molecule has 0 radical (unpaired) electrons. The van der Waals surface area contributed by atoms with Crippen LogP contribution in [0.4, 0.5) is 5.95 Å². The number of hydrogen-bond donors (Lipinski definition) is 1. The molecule has 0 unspecified atom stereocenters. The summed E-state index contributed by atoms with van der Waals surface area (Å²) in [5.41, 5.74) is 1.56. The fraction of sp³-hybridized carbons (Fsp3) is 0.550. The molecule has 0 aliphatic carbocycles. The number of amides is 1. The van der Waals surface area contributed by atoms with Crippen molar-refractivity contribution < 1.29 is 9.21 Å². The fourth-order valence-corrected chi connectivity index (χ4v) is 3.45. The molecule has 0 aromatic carbocycles. The van der Waals surface area contributed by atoms with Crippen molar-refractivity contribution in [2.45, 2.75) is 46.0 Å². The Morgan fingerprint density at radius 2 is 2.00 bits per heavy atom. The summed E-state index contributed by atoms with van der Waals surface area (Å²) in [4.78, 5) is 36.2. The van der Waals surface area contributed by atoms with Gasteiger partial charge in [-0.2, -0.15) is 0 Å². The van der Waals surface area contributed by atoms with Crippen LogP contribution in [0.1, 0.15) is 54.4 Å². The third-order valence-corrected chi connectivity index (χ3v) is 5.09. The minimum absolute atomic E-state index is 0.0388. The number of aromatic nitrogens is 2. The van der Waals surface area contributed by atoms with Crippen molar-refractivity contribution in [1.82, 2.24) is 14.9 Å². The minimum atomic E-state index is -0.0975. The standard InChI is InChI=1S/C20H28N4O3/c1-3-4-5-6-8-16-15(2)21-20(22-18(16)25)24-12-10-23(11-13-24)19(26)17-9-7-14-27-17/h7,9,14H,3-6,8,10-13H2,1-2H3,(H,21,22,25). The number of aromatic amines is 1. The number of rotatable bonds is 7. The molecule has 0 saturated carbocycles. The lowest BCUT2D eigenvalue weighted by molar-refractivity contribution is 0.0714. The fourth-order valence-electron chi connectivity index (χ4n) is 3.45. The van der Waals surface area contributed by atoms with Gasteiger partial charge in [0.05, 0.1) is 6.26 Å². The second-order valence-electron chi connectivity index (χ2n) is 7.02. The van der Waals surface area contributed by atoms with Gasteiger partial charge in [-0.25, -0.2) is 4.98 Å². The van der Waals surface area contributed by atoms with Crippen LogP contribution in [0, 0.1) is 6.92 Å². The summed E-state index contributed by atoms with van der Waals surface area (Å²) >= 11 is 0. The van der Waals surface area contributed by atoms with E-state index >= 15 is 0 Å². The van der Waals surface area contributed by atoms with Crippen molar-refractivity contribution >= 4 is 11.9 Å². The summed E-state index contributed by atoms with van der Waals surface area (Å²) in [7, 11) is 0. The van der Waals surface area contributed by atoms with Gasteiger partial charge >= 0.3 is 0 Å². The number of unbranched alkanes of at least 4 members (excludes halogenated alkanes) is 3. The molecular formula is C20H28N4O3. The van der Waals surface area contributed by atoms with Crippen molar-refractivity contribution in [3.8, 4) is 0 Å². The van der Waals surface area contributed by atoms with Crippen molar-refractivity contribution in [1.29, 1.82) is 0 Å². The number of hydrogen-bond acceptors (Lipinski definition) is 5. The van der Waals surface area contributed by atoms with Gasteiger partial charge in [-0.1, -0.05) is 26.2 Å². The van der Waals surface area contributed by atoms with Crippen molar-refractivity contribution in [2.75, 3.05) is 31.1 Å². The Balaban J connectivity index is 1.61. The summed E-state index contributed by atoms with van der Waals surface area (Å²) in [6.45, 7) is 6.48. The molecule has 0 spiro atoms. The van der Waals surface area contributed by atoms with Crippen molar-refractivity contribution in [2.24, 2.45) is 0 Å². The van der Waals surface area contributed by atoms with Gasteiger partial charge in [0, 0.05) is 37.4 Å². The molecule has 146 valence electrons. The van der Waals surface area contributed by atoms with Gasteiger partial charge in [0.1, 0.15) is 0 Å². The Hall–Kier alpha value is -2.57. The number of furan rings is 1. The van der Waals surface area contributed by atoms with Crippen LogP contribution in [-0.2, 0) is 6.42 Å². The third-order valence-electron chi connectivity index (χ3n) is 5.09. The number of H-pyrrole nitrogens is 1. The zero-order valence-electron chi connectivity index (χ0n) is 16.2. The third kappa shape index (κ3) is 4.59. The molecule has 1 N–H and O–H groups in total. The summed E-state index contributed by atoms with van der Waals surface area (Å²) in [6.07, 6.45) is 6.82. The van der Waals surface area contributed by atoms with Crippen molar-refractivity contribution in [3.05, 3.63) is 45.8 Å². The summed E-state index contributed by atoms with van der Waals surface area (Å²) in [6, 6.07) is 3.39. The highest BCUT2D eigenvalue weighted by molar-refractivity contribution is 5.91. The van der Waals surface area contributed by atoms with Gasteiger partial charge in [-0.15, -0.1) is 0 Å². The molecule has 1 aliphatic heterocycles.